The van der Waals surface area contributed by atoms with Crippen LogP contribution in [0.25, 0.3) is 10.9 Å². The van der Waals surface area contributed by atoms with E-state index < -0.39 is 10.2 Å². The Hall–Kier alpha value is -1.64. The van der Waals surface area contributed by atoms with E-state index in [0.29, 0.717) is 26.2 Å². The molecule has 0 bridgehead atoms. The first-order chi connectivity index (χ1) is 10.00. The monoisotopic (exact) mass is 309 g/mol. The molecule has 2 heterocycles. The van der Waals surface area contributed by atoms with Gasteiger partial charge in [0.25, 0.3) is 10.2 Å². The zero-order valence-corrected chi connectivity index (χ0v) is 13.0. The van der Waals surface area contributed by atoms with Gasteiger partial charge in [0.15, 0.2) is 0 Å². The summed E-state index contributed by atoms with van der Waals surface area (Å²) in [5.74, 6) is 0. The summed E-state index contributed by atoms with van der Waals surface area (Å²) in [6.45, 7) is 2.35. The van der Waals surface area contributed by atoms with Gasteiger partial charge in [-0.2, -0.15) is 22.1 Å². The van der Waals surface area contributed by atoms with E-state index in [2.05, 4.69) is 15.1 Å². The van der Waals surface area contributed by atoms with Crippen molar-refractivity contribution in [1.29, 1.82) is 0 Å². The summed E-state index contributed by atoms with van der Waals surface area (Å²) in [6, 6.07) is 6.02. The zero-order chi connectivity index (χ0) is 15.0. The Bertz CT molecular complexity index is 732. The number of H-pyrrole nitrogens is 1. The Morgan fingerprint density at radius 1 is 1.19 bits per heavy atom. The second-order valence-electron chi connectivity index (χ2n) is 5.28. The van der Waals surface area contributed by atoms with Crippen molar-refractivity contribution >= 4 is 26.8 Å². The molecule has 114 valence electrons. The Kier molecular flexibility index (Phi) is 3.60. The lowest BCUT2D eigenvalue weighted by atomic mass is 10.2. The molecule has 0 amide bonds. The highest BCUT2D eigenvalue weighted by molar-refractivity contribution is 7.86. The summed E-state index contributed by atoms with van der Waals surface area (Å²) < 4.78 is 27.0. The summed E-state index contributed by atoms with van der Waals surface area (Å²) in [5, 5.41) is 8.10. The fourth-order valence-corrected chi connectivity index (χ4v) is 3.71. The summed E-state index contributed by atoms with van der Waals surface area (Å²) in [5.41, 5.74) is 2.10. The standard InChI is InChI=1S/C13H19N5O2S/c1-16(2)21(19,20)18-8-6-17(7-9-18)13-5-3-4-12-11(13)10-14-15-12/h3-5,10H,6-9H2,1-2H3,(H,14,15). The van der Waals surface area contributed by atoms with Crippen LogP contribution in [0.3, 0.4) is 0 Å². The number of hydrogen-bond acceptors (Lipinski definition) is 4. The first kappa shape index (κ1) is 14.3. The number of anilines is 1. The third-order valence-electron chi connectivity index (χ3n) is 3.83. The minimum absolute atomic E-state index is 0.495. The van der Waals surface area contributed by atoms with Crippen LogP contribution in [0.5, 0.6) is 0 Å². The third-order valence-corrected chi connectivity index (χ3v) is 5.77. The highest BCUT2D eigenvalue weighted by atomic mass is 32.2. The molecule has 1 saturated heterocycles. The molecule has 1 aromatic carbocycles. The van der Waals surface area contributed by atoms with E-state index in [9.17, 15) is 8.42 Å². The molecule has 21 heavy (non-hydrogen) atoms. The van der Waals surface area contributed by atoms with Crippen LogP contribution in [0.15, 0.2) is 24.4 Å². The van der Waals surface area contributed by atoms with Crippen molar-refractivity contribution in [2.24, 2.45) is 0 Å². The molecule has 1 aromatic heterocycles. The molecule has 2 aromatic rings. The first-order valence-corrected chi connectivity index (χ1v) is 8.24. The Morgan fingerprint density at radius 3 is 2.57 bits per heavy atom. The third kappa shape index (κ3) is 2.50. The molecule has 0 saturated carbocycles. The van der Waals surface area contributed by atoms with Gasteiger partial charge in [-0.25, -0.2) is 0 Å². The van der Waals surface area contributed by atoms with E-state index in [1.165, 1.54) is 8.61 Å². The van der Waals surface area contributed by atoms with Crippen LogP contribution >= 0.6 is 0 Å². The number of hydrogen-bond donors (Lipinski definition) is 1. The molecule has 1 aliphatic heterocycles. The average Bonchev–Trinajstić information content (AvgIpc) is 2.95. The number of aromatic nitrogens is 2. The molecule has 0 atom stereocenters. The summed E-state index contributed by atoms with van der Waals surface area (Å²) >= 11 is 0. The van der Waals surface area contributed by atoms with Crippen molar-refractivity contribution in [1.82, 2.24) is 18.8 Å². The predicted octanol–water partition coefficient (Wildman–Crippen LogP) is 0.491. The van der Waals surface area contributed by atoms with E-state index >= 15 is 0 Å². The fraction of sp³-hybridized carbons (Fsp3) is 0.462. The lowest BCUT2D eigenvalue weighted by Crippen LogP contribution is -2.51. The quantitative estimate of drug-likeness (QED) is 0.896. The molecule has 0 radical (unpaired) electrons. The molecule has 1 fully saturated rings. The largest absolute Gasteiger partial charge is 0.368 e. The number of rotatable bonds is 3. The molecule has 7 nitrogen and oxygen atoms in total. The van der Waals surface area contributed by atoms with Gasteiger partial charge in [-0.1, -0.05) is 6.07 Å². The molecule has 1 N–H and O–H groups in total. The number of aromatic amines is 1. The minimum Gasteiger partial charge on any atom is -0.368 e. The molecular formula is C13H19N5O2S. The minimum atomic E-state index is -3.32. The van der Waals surface area contributed by atoms with Crippen molar-refractivity contribution in [3.05, 3.63) is 24.4 Å². The van der Waals surface area contributed by atoms with Crippen LogP contribution in [0.1, 0.15) is 0 Å². The molecule has 0 aliphatic carbocycles. The van der Waals surface area contributed by atoms with E-state index in [4.69, 9.17) is 0 Å². The number of nitrogens with zero attached hydrogens (tertiary/aromatic N) is 4. The van der Waals surface area contributed by atoms with Gasteiger partial charge in [0.05, 0.1) is 11.7 Å². The van der Waals surface area contributed by atoms with E-state index in [-0.39, 0.29) is 0 Å². The normalized spacial score (nSPS) is 17.8. The predicted molar refractivity (Wildman–Crippen MR) is 82.5 cm³/mol. The van der Waals surface area contributed by atoms with Gasteiger partial charge in [-0.15, -0.1) is 0 Å². The Morgan fingerprint density at radius 2 is 1.90 bits per heavy atom. The van der Waals surface area contributed by atoms with Gasteiger partial charge in [0.1, 0.15) is 0 Å². The van der Waals surface area contributed by atoms with E-state index in [0.717, 1.165) is 16.6 Å². The van der Waals surface area contributed by atoms with Gasteiger partial charge in [-0.3, -0.25) is 5.10 Å². The van der Waals surface area contributed by atoms with Crippen molar-refractivity contribution in [2.45, 2.75) is 0 Å². The van der Waals surface area contributed by atoms with Crippen LogP contribution in [-0.2, 0) is 10.2 Å². The zero-order valence-electron chi connectivity index (χ0n) is 12.2. The second-order valence-corrected chi connectivity index (χ2v) is 7.43. The van der Waals surface area contributed by atoms with Crippen molar-refractivity contribution < 1.29 is 8.42 Å². The van der Waals surface area contributed by atoms with Crippen LogP contribution in [0.2, 0.25) is 0 Å². The van der Waals surface area contributed by atoms with E-state index in [1.807, 2.05) is 24.4 Å². The number of benzene rings is 1. The highest BCUT2D eigenvalue weighted by Gasteiger charge is 2.29. The number of nitrogens with one attached hydrogen (secondary N) is 1. The number of piperazine rings is 1. The number of fused-ring (bicyclic) bond motifs is 1. The maximum absolute atomic E-state index is 12.1. The maximum Gasteiger partial charge on any atom is 0.281 e. The maximum atomic E-state index is 12.1. The van der Waals surface area contributed by atoms with Crippen molar-refractivity contribution in [3.63, 3.8) is 0 Å². The first-order valence-electron chi connectivity index (χ1n) is 6.85. The Balaban J connectivity index is 1.79. The summed E-state index contributed by atoms with van der Waals surface area (Å²) in [7, 11) is -0.189. The highest BCUT2D eigenvalue weighted by Crippen LogP contribution is 2.26. The van der Waals surface area contributed by atoms with Gasteiger partial charge in [0.2, 0.25) is 0 Å². The second kappa shape index (κ2) is 5.28. The van der Waals surface area contributed by atoms with Crippen molar-refractivity contribution in [2.75, 3.05) is 45.2 Å². The van der Waals surface area contributed by atoms with Gasteiger partial charge >= 0.3 is 0 Å². The topological polar surface area (TPSA) is 72.5 Å². The van der Waals surface area contributed by atoms with Crippen LogP contribution in [0, 0.1) is 0 Å². The fourth-order valence-electron chi connectivity index (χ4n) is 2.62. The molecule has 0 unspecified atom stereocenters. The average molecular weight is 309 g/mol. The van der Waals surface area contributed by atoms with Crippen LogP contribution < -0.4 is 4.90 Å². The van der Waals surface area contributed by atoms with Crippen molar-refractivity contribution in [3.8, 4) is 0 Å². The summed E-state index contributed by atoms with van der Waals surface area (Å²) in [4.78, 5) is 2.21. The van der Waals surface area contributed by atoms with Crippen LogP contribution in [0.4, 0.5) is 5.69 Å². The van der Waals surface area contributed by atoms with Gasteiger partial charge < -0.3 is 4.90 Å². The summed E-state index contributed by atoms with van der Waals surface area (Å²) in [6.07, 6.45) is 1.81. The lowest BCUT2D eigenvalue weighted by molar-refractivity contribution is 0.356. The smallest absolute Gasteiger partial charge is 0.281 e. The van der Waals surface area contributed by atoms with E-state index in [1.54, 1.807) is 14.1 Å². The molecule has 1 aliphatic rings. The Labute approximate surface area is 124 Å². The molecular weight excluding hydrogens is 290 g/mol. The van der Waals surface area contributed by atoms with Gasteiger partial charge in [-0.05, 0) is 12.1 Å². The van der Waals surface area contributed by atoms with Gasteiger partial charge in [0, 0.05) is 51.3 Å². The van der Waals surface area contributed by atoms with Crippen LogP contribution in [-0.4, -0.2) is 67.5 Å². The molecule has 8 heteroatoms. The SMILES string of the molecule is CN(C)S(=O)(=O)N1CCN(c2cccc3[nH]ncc23)CC1. The molecule has 3 rings (SSSR count). The lowest BCUT2D eigenvalue weighted by Gasteiger charge is -2.36. The molecule has 0 spiro atoms.